The molecule has 148 valence electrons. The Kier molecular flexibility index (Phi) is 6.75. The second-order valence-corrected chi connectivity index (χ2v) is 6.91. The van der Waals surface area contributed by atoms with Crippen LogP contribution in [0.1, 0.15) is 5.82 Å². The zero-order valence-electron chi connectivity index (χ0n) is 15.4. The van der Waals surface area contributed by atoms with Crippen LogP contribution in [0.3, 0.4) is 0 Å². The van der Waals surface area contributed by atoms with Gasteiger partial charge in [-0.15, -0.1) is 0 Å². The van der Waals surface area contributed by atoms with E-state index in [0.717, 1.165) is 16.5 Å². The minimum Gasteiger partial charge on any atom is -0.490 e. The van der Waals surface area contributed by atoms with Crippen molar-refractivity contribution in [2.45, 2.75) is 13.5 Å². The highest BCUT2D eigenvalue weighted by molar-refractivity contribution is 14.1. The number of carbonyl (C=O) groups is 1. The van der Waals surface area contributed by atoms with Crippen molar-refractivity contribution < 1.29 is 24.1 Å². The lowest BCUT2D eigenvalue weighted by molar-refractivity contribution is -0.137. The molecule has 2 aromatic heterocycles. The van der Waals surface area contributed by atoms with Crippen LogP contribution in [0.4, 0.5) is 0 Å². The Morgan fingerprint density at radius 2 is 2.00 bits per heavy atom. The predicted octanol–water partition coefficient (Wildman–Crippen LogP) is 2.49. The molecule has 0 aliphatic rings. The first-order valence-corrected chi connectivity index (χ1v) is 9.48. The number of aryl methyl sites for hydroxylation is 1. The van der Waals surface area contributed by atoms with E-state index in [2.05, 4.69) is 37.7 Å². The number of carboxylic acid groups (broad SMARTS) is 1. The molecule has 0 saturated heterocycles. The molecule has 0 radical (unpaired) electrons. The lowest BCUT2D eigenvalue weighted by atomic mass is 10.1. The van der Waals surface area contributed by atoms with E-state index in [1.165, 1.54) is 4.68 Å². The molecule has 10 heteroatoms. The topological polar surface area (TPSA) is 109 Å². The van der Waals surface area contributed by atoms with Gasteiger partial charge in [0.25, 0.3) is 0 Å². The van der Waals surface area contributed by atoms with Crippen molar-refractivity contribution in [1.82, 2.24) is 19.7 Å². The maximum absolute atomic E-state index is 11.2. The zero-order valence-corrected chi connectivity index (χ0v) is 17.5. The van der Waals surface area contributed by atoms with Crippen LogP contribution in [0.15, 0.2) is 24.5 Å². The third-order valence-corrected chi connectivity index (χ3v) is 4.67. The van der Waals surface area contributed by atoms with Crippen LogP contribution >= 0.6 is 22.6 Å². The smallest absolute Gasteiger partial charge is 0.325 e. The number of aromatic nitrogens is 4. The average molecular weight is 498 g/mol. The minimum atomic E-state index is -0.966. The molecule has 0 atom stereocenters. The SMILES string of the molecule is COCOCCOc1cc2c(cc1-c1cnc(C)nc1)c(I)nn2CC(=O)O. The molecule has 0 aliphatic heterocycles. The van der Waals surface area contributed by atoms with Gasteiger partial charge in [0.2, 0.25) is 0 Å². The zero-order chi connectivity index (χ0) is 20.1. The van der Waals surface area contributed by atoms with E-state index >= 15 is 0 Å². The van der Waals surface area contributed by atoms with E-state index in [-0.39, 0.29) is 13.3 Å². The third kappa shape index (κ3) is 4.75. The first-order valence-electron chi connectivity index (χ1n) is 8.40. The van der Waals surface area contributed by atoms with Crippen molar-refractivity contribution in [2.75, 3.05) is 27.1 Å². The van der Waals surface area contributed by atoms with Crippen LogP contribution in [0.2, 0.25) is 0 Å². The Labute approximate surface area is 174 Å². The lowest BCUT2D eigenvalue weighted by Gasteiger charge is -2.13. The van der Waals surface area contributed by atoms with Crippen LogP contribution in [0.25, 0.3) is 22.0 Å². The van der Waals surface area contributed by atoms with Crippen LogP contribution in [0, 0.1) is 10.6 Å². The van der Waals surface area contributed by atoms with Crippen LogP contribution < -0.4 is 4.74 Å². The quantitative estimate of drug-likeness (QED) is 0.273. The van der Waals surface area contributed by atoms with Crippen LogP contribution in [0.5, 0.6) is 5.75 Å². The molecular formula is C18H19IN4O5. The highest BCUT2D eigenvalue weighted by Crippen LogP contribution is 2.35. The van der Waals surface area contributed by atoms with E-state index in [1.54, 1.807) is 25.6 Å². The van der Waals surface area contributed by atoms with E-state index in [9.17, 15) is 4.79 Å². The fourth-order valence-electron chi connectivity index (χ4n) is 2.64. The number of rotatable bonds is 9. The molecule has 9 nitrogen and oxygen atoms in total. The number of benzene rings is 1. The summed E-state index contributed by atoms with van der Waals surface area (Å²) in [5.74, 6) is 0.278. The maximum Gasteiger partial charge on any atom is 0.325 e. The monoisotopic (exact) mass is 498 g/mol. The fourth-order valence-corrected chi connectivity index (χ4v) is 3.33. The van der Waals surface area contributed by atoms with Gasteiger partial charge in [0.05, 0.1) is 12.1 Å². The number of fused-ring (bicyclic) bond motifs is 1. The molecular weight excluding hydrogens is 479 g/mol. The Bertz CT molecular complexity index is 974. The fraction of sp³-hybridized carbons (Fsp3) is 0.333. The van der Waals surface area contributed by atoms with E-state index < -0.39 is 5.97 Å². The first-order chi connectivity index (χ1) is 13.5. The van der Waals surface area contributed by atoms with Crippen molar-refractivity contribution in [3.63, 3.8) is 0 Å². The number of methoxy groups -OCH3 is 1. The van der Waals surface area contributed by atoms with Crippen LogP contribution in [-0.2, 0) is 20.8 Å². The number of nitrogens with zero attached hydrogens (tertiary/aromatic N) is 4. The van der Waals surface area contributed by atoms with Gasteiger partial charge >= 0.3 is 5.97 Å². The van der Waals surface area contributed by atoms with Crippen molar-refractivity contribution >= 4 is 39.5 Å². The molecule has 0 saturated carbocycles. The highest BCUT2D eigenvalue weighted by atomic mass is 127. The number of hydrogen-bond donors (Lipinski definition) is 1. The van der Waals surface area contributed by atoms with Crippen molar-refractivity contribution in [3.05, 3.63) is 34.1 Å². The number of ether oxygens (including phenoxy) is 3. The second kappa shape index (κ2) is 9.26. The molecule has 0 bridgehead atoms. The first kappa shape index (κ1) is 20.4. The van der Waals surface area contributed by atoms with Gasteiger partial charge in [-0.1, -0.05) is 0 Å². The van der Waals surface area contributed by atoms with E-state index in [0.29, 0.717) is 34.0 Å². The molecule has 0 amide bonds. The molecule has 2 heterocycles. The number of aliphatic carboxylic acids is 1. The third-order valence-electron chi connectivity index (χ3n) is 3.87. The summed E-state index contributed by atoms with van der Waals surface area (Å²) >= 11 is 2.09. The van der Waals surface area contributed by atoms with Gasteiger partial charge in [-0.25, -0.2) is 9.97 Å². The van der Waals surface area contributed by atoms with Gasteiger partial charge in [0.1, 0.15) is 35.2 Å². The Hall–Kier alpha value is -2.31. The highest BCUT2D eigenvalue weighted by Gasteiger charge is 2.17. The Morgan fingerprint density at radius 3 is 2.68 bits per heavy atom. The van der Waals surface area contributed by atoms with Crippen molar-refractivity contribution in [2.24, 2.45) is 0 Å². The molecule has 3 rings (SSSR count). The molecule has 0 fully saturated rings. The normalized spacial score (nSPS) is 11.1. The molecule has 3 aromatic rings. The Balaban J connectivity index is 2.02. The van der Waals surface area contributed by atoms with Gasteiger partial charge in [-0.05, 0) is 35.6 Å². The van der Waals surface area contributed by atoms with Gasteiger partial charge in [-0.3, -0.25) is 9.48 Å². The van der Waals surface area contributed by atoms with Gasteiger partial charge < -0.3 is 19.3 Å². The summed E-state index contributed by atoms with van der Waals surface area (Å²) < 4.78 is 18.2. The summed E-state index contributed by atoms with van der Waals surface area (Å²) in [5.41, 5.74) is 2.27. The van der Waals surface area contributed by atoms with Crippen molar-refractivity contribution in [3.8, 4) is 16.9 Å². The summed E-state index contributed by atoms with van der Waals surface area (Å²) in [6, 6.07) is 3.71. The number of halogens is 1. The van der Waals surface area contributed by atoms with Crippen LogP contribution in [-0.4, -0.2) is 57.9 Å². The molecule has 28 heavy (non-hydrogen) atoms. The van der Waals surface area contributed by atoms with Gasteiger partial charge in [-0.2, -0.15) is 5.10 Å². The lowest BCUT2D eigenvalue weighted by Crippen LogP contribution is -2.11. The molecule has 1 N–H and O–H groups in total. The average Bonchev–Trinajstić information content (AvgIpc) is 2.96. The summed E-state index contributed by atoms with van der Waals surface area (Å²) in [4.78, 5) is 19.7. The van der Waals surface area contributed by atoms with Gasteiger partial charge in [0, 0.05) is 42.1 Å². The molecule has 0 spiro atoms. The maximum atomic E-state index is 11.2. The summed E-state index contributed by atoms with van der Waals surface area (Å²) in [7, 11) is 1.55. The summed E-state index contributed by atoms with van der Waals surface area (Å²) in [6.07, 6.45) is 3.46. The Morgan fingerprint density at radius 1 is 1.25 bits per heavy atom. The predicted molar refractivity (Wildman–Crippen MR) is 109 cm³/mol. The molecule has 0 unspecified atom stereocenters. The second-order valence-electron chi connectivity index (χ2n) is 5.89. The standard InChI is InChI=1S/C18H19IN4O5/c1-11-20-7-12(8-21-11)13-5-14-15(23(9-17(24)25)22-18(14)19)6-16(13)28-4-3-27-10-26-2/h5-8H,3-4,9-10H2,1-2H3,(H,24,25). The number of hydrogen-bond acceptors (Lipinski definition) is 7. The minimum absolute atomic E-state index is 0.185. The molecule has 1 aromatic carbocycles. The number of carboxylic acids is 1. The van der Waals surface area contributed by atoms with E-state index in [4.69, 9.17) is 19.3 Å². The van der Waals surface area contributed by atoms with Crippen molar-refractivity contribution in [1.29, 1.82) is 0 Å². The van der Waals surface area contributed by atoms with Gasteiger partial charge in [0.15, 0.2) is 0 Å². The summed E-state index contributed by atoms with van der Waals surface area (Å²) in [6.45, 7) is 2.42. The summed E-state index contributed by atoms with van der Waals surface area (Å²) in [5, 5.41) is 14.3. The largest absolute Gasteiger partial charge is 0.490 e. The van der Waals surface area contributed by atoms with E-state index in [1.807, 2.05) is 13.0 Å². The molecule has 0 aliphatic carbocycles.